The number of hydrogen-bond acceptors (Lipinski definition) is 6. The van der Waals surface area contributed by atoms with E-state index in [4.69, 9.17) is 21.1 Å². The molecule has 0 spiro atoms. The predicted molar refractivity (Wildman–Crippen MR) is 146 cm³/mol. The first-order chi connectivity index (χ1) is 18.4. The fourth-order valence-corrected chi connectivity index (χ4v) is 4.58. The highest BCUT2D eigenvalue weighted by molar-refractivity contribution is 6.46. The summed E-state index contributed by atoms with van der Waals surface area (Å²) >= 11 is 6.02. The van der Waals surface area contributed by atoms with Gasteiger partial charge in [-0.2, -0.15) is 0 Å². The molecule has 4 rings (SSSR count). The molecule has 1 amide bonds. The van der Waals surface area contributed by atoms with Crippen molar-refractivity contribution < 1.29 is 24.2 Å². The lowest BCUT2D eigenvalue weighted by Crippen LogP contribution is -2.29. The van der Waals surface area contributed by atoms with Gasteiger partial charge in [0.1, 0.15) is 5.76 Å². The largest absolute Gasteiger partial charge is 0.507 e. The summed E-state index contributed by atoms with van der Waals surface area (Å²) in [6.07, 6.45) is 6.37. The number of hydrogen-bond donors (Lipinski definition) is 1. The minimum Gasteiger partial charge on any atom is -0.507 e. The van der Waals surface area contributed by atoms with Gasteiger partial charge in [-0.3, -0.25) is 14.6 Å². The van der Waals surface area contributed by atoms with Gasteiger partial charge in [-0.1, -0.05) is 43.5 Å². The van der Waals surface area contributed by atoms with Gasteiger partial charge in [-0.05, 0) is 66.9 Å². The first-order valence-corrected chi connectivity index (χ1v) is 13.1. The number of unbranched alkanes of at least 4 members (excludes halogenated alkanes) is 2. The molecule has 0 aliphatic carbocycles. The van der Waals surface area contributed by atoms with E-state index in [0.29, 0.717) is 40.9 Å². The van der Waals surface area contributed by atoms with Gasteiger partial charge in [-0.25, -0.2) is 0 Å². The molecule has 2 aromatic carbocycles. The Labute approximate surface area is 227 Å². The standard InChI is InChI=1S/C30H31ClN2O5/c1-3-5-6-16-38-24-14-11-22(17-25(24)37-4-2)27-26(28(34)21-9-12-23(31)13-10-21)29(35)30(36)33(27)19-20-8-7-15-32-18-20/h7-15,17-18,27,34H,3-6,16,19H2,1-2H3. The summed E-state index contributed by atoms with van der Waals surface area (Å²) in [4.78, 5) is 32.2. The molecule has 8 heteroatoms. The molecule has 1 aliphatic heterocycles. The zero-order valence-electron chi connectivity index (χ0n) is 21.5. The molecule has 2 heterocycles. The lowest BCUT2D eigenvalue weighted by molar-refractivity contribution is -0.140. The number of pyridine rings is 1. The number of ketones is 1. The number of Topliss-reactive ketones (excluding diaryl/α,β-unsaturated/α-hetero) is 1. The van der Waals surface area contributed by atoms with Crippen LogP contribution in [0.2, 0.25) is 5.02 Å². The van der Waals surface area contributed by atoms with Crippen LogP contribution < -0.4 is 9.47 Å². The van der Waals surface area contributed by atoms with Crippen LogP contribution in [0.4, 0.5) is 0 Å². The molecule has 0 saturated carbocycles. The van der Waals surface area contributed by atoms with Gasteiger partial charge in [0.15, 0.2) is 11.5 Å². The number of nitrogens with zero attached hydrogens (tertiary/aromatic N) is 2. The topological polar surface area (TPSA) is 89.0 Å². The lowest BCUT2D eigenvalue weighted by atomic mass is 9.95. The van der Waals surface area contributed by atoms with Gasteiger partial charge >= 0.3 is 0 Å². The van der Waals surface area contributed by atoms with Crippen molar-refractivity contribution in [3.05, 3.63) is 94.3 Å². The Balaban J connectivity index is 1.80. The molecule has 0 bridgehead atoms. The molecule has 1 aliphatic rings. The number of benzene rings is 2. The summed E-state index contributed by atoms with van der Waals surface area (Å²) in [5, 5.41) is 11.8. The average molecular weight is 535 g/mol. The molecular weight excluding hydrogens is 504 g/mol. The fraction of sp³-hybridized carbons (Fsp3) is 0.300. The average Bonchev–Trinajstić information content (AvgIpc) is 3.17. The zero-order chi connectivity index (χ0) is 27.1. The van der Waals surface area contributed by atoms with Crippen molar-refractivity contribution in [1.29, 1.82) is 0 Å². The Morgan fingerprint density at radius 1 is 1.03 bits per heavy atom. The van der Waals surface area contributed by atoms with Crippen LogP contribution in [-0.4, -0.2) is 39.9 Å². The molecule has 38 heavy (non-hydrogen) atoms. The maximum absolute atomic E-state index is 13.3. The molecule has 1 N–H and O–H groups in total. The second-order valence-corrected chi connectivity index (χ2v) is 9.43. The van der Waals surface area contributed by atoms with Crippen molar-refractivity contribution in [3.63, 3.8) is 0 Å². The summed E-state index contributed by atoms with van der Waals surface area (Å²) in [7, 11) is 0. The van der Waals surface area contributed by atoms with Crippen molar-refractivity contribution in [2.24, 2.45) is 0 Å². The van der Waals surface area contributed by atoms with Gasteiger partial charge in [0.2, 0.25) is 0 Å². The van der Waals surface area contributed by atoms with Crippen LogP contribution in [0.3, 0.4) is 0 Å². The van der Waals surface area contributed by atoms with E-state index in [1.807, 2.05) is 13.0 Å². The number of carbonyl (C=O) groups is 2. The van der Waals surface area contributed by atoms with Crippen molar-refractivity contribution in [2.75, 3.05) is 13.2 Å². The van der Waals surface area contributed by atoms with Crippen molar-refractivity contribution in [3.8, 4) is 11.5 Å². The molecule has 198 valence electrons. The number of ether oxygens (including phenoxy) is 2. The first kappa shape index (κ1) is 27.2. The normalized spacial score (nSPS) is 16.6. The fourth-order valence-electron chi connectivity index (χ4n) is 4.46. The Morgan fingerprint density at radius 3 is 2.50 bits per heavy atom. The Kier molecular flexibility index (Phi) is 9.02. The number of likely N-dealkylation sites (tertiary alicyclic amines) is 1. The highest BCUT2D eigenvalue weighted by atomic mass is 35.5. The smallest absolute Gasteiger partial charge is 0.295 e. The minimum absolute atomic E-state index is 0.000255. The molecule has 1 unspecified atom stereocenters. The second-order valence-electron chi connectivity index (χ2n) is 8.99. The lowest BCUT2D eigenvalue weighted by Gasteiger charge is -2.26. The zero-order valence-corrected chi connectivity index (χ0v) is 22.3. The number of aliphatic hydroxyl groups excluding tert-OH is 1. The number of rotatable bonds is 11. The van der Waals surface area contributed by atoms with Gasteiger partial charge in [0.05, 0.1) is 24.8 Å². The molecule has 3 aromatic rings. The number of amides is 1. The van der Waals surface area contributed by atoms with Crippen LogP contribution in [0.15, 0.2) is 72.6 Å². The second kappa shape index (κ2) is 12.6. The SMILES string of the molecule is CCCCCOc1ccc(C2C(=C(O)c3ccc(Cl)cc3)C(=O)C(=O)N2Cc2cccnc2)cc1OCC. The Hall–Kier alpha value is -3.84. The molecule has 7 nitrogen and oxygen atoms in total. The van der Waals surface area contributed by atoms with Crippen LogP contribution in [0.25, 0.3) is 5.76 Å². The Morgan fingerprint density at radius 2 is 1.82 bits per heavy atom. The maximum Gasteiger partial charge on any atom is 0.295 e. The summed E-state index contributed by atoms with van der Waals surface area (Å²) < 4.78 is 11.9. The van der Waals surface area contributed by atoms with Crippen LogP contribution in [0, 0.1) is 0 Å². The van der Waals surface area contributed by atoms with E-state index in [0.717, 1.165) is 24.8 Å². The number of halogens is 1. The van der Waals surface area contributed by atoms with Crippen LogP contribution >= 0.6 is 11.6 Å². The van der Waals surface area contributed by atoms with Crippen LogP contribution in [-0.2, 0) is 16.1 Å². The highest BCUT2D eigenvalue weighted by Gasteiger charge is 2.46. The maximum atomic E-state index is 13.3. The number of aliphatic hydroxyl groups is 1. The van der Waals surface area contributed by atoms with Crippen molar-refractivity contribution in [2.45, 2.75) is 45.7 Å². The van der Waals surface area contributed by atoms with E-state index >= 15 is 0 Å². The van der Waals surface area contributed by atoms with Gasteiger partial charge in [0.25, 0.3) is 11.7 Å². The monoisotopic (exact) mass is 534 g/mol. The summed E-state index contributed by atoms with van der Waals surface area (Å²) in [5.74, 6) is -0.624. The quantitative estimate of drug-likeness (QED) is 0.134. The molecule has 1 atom stereocenters. The third-order valence-electron chi connectivity index (χ3n) is 6.32. The molecule has 0 radical (unpaired) electrons. The van der Waals surface area contributed by atoms with Crippen LogP contribution in [0.5, 0.6) is 11.5 Å². The highest BCUT2D eigenvalue weighted by Crippen LogP contribution is 2.42. The third kappa shape index (κ3) is 6.00. The van der Waals surface area contributed by atoms with E-state index in [1.54, 1.807) is 60.9 Å². The van der Waals surface area contributed by atoms with Crippen molar-refractivity contribution in [1.82, 2.24) is 9.88 Å². The van der Waals surface area contributed by atoms with Crippen LogP contribution in [0.1, 0.15) is 55.8 Å². The summed E-state index contributed by atoms with van der Waals surface area (Å²) in [6, 6.07) is 14.6. The van der Waals surface area contributed by atoms with E-state index in [2.05, 4.69) is 11.9 Å². The number of carbonyl (C=O) groups excluding carboxylic acids is 2. The summed E-state index contributed by atoms with van der Waals surface area (Å²) in [6.45, 7) is 5.12. The molecule has 1 saturated heterocycles. The molecular formula is C30H31ClN2O5. The van der Waals surface area contributed by atoms with E-state index in [-0.39, 0.29) is 17.9 Å². The van der Waals surface area contributed by atoms with E-state index in [1.165, 1.54) is 4.90 Å². The van der Waals surface area contributed by atoms with Crippen molar-refractivity contribution >= 4 is 29.1 Å². The van der Waals surface area contributed by atoms with Gasteiger partial charge in [-0.15, -0.1) is 0 Å². The molecule has 1 fully saturated rings. The molecule has 1 aromatic heterocycles. The van der Waals surface area contributed by atoms with Gasteiger partial charge < -0.3 is 19.5 Å². The summed E-state index contributed by atoms with van der Waals surface area (Å²) in [5.41, 5.74) is 1.76. The van der Waals surface area contributed by atoms with E-state index in [9.17, 15) is 14.7 Å². The van der Waals surface area contributed by atoms with Gasteiger partial charge in [0, 0.05) is 29.5 Å². The van der Waals surface area contributed by atoms with E-state index < -0.39 is 17.7 Å². The Bertz CT molecular complexity index is 1310. The minimum atomic E-state index is -0.848. The predicted octanol–water partition coefficient (Wildman–Crippen LogP) is 6.32. The first-order valence-electron chi connectivity index (χ1n) is 12.8. The number of aromatic nitrogens is 1. The third-order valence-corrected chi connectivity index (χ3v) is 6.57.